The quantitative estimate of drug-likeness (QED) is 0.748. The number of esters is 1. The highest BCUT2D eigenvalue weighted by atomic mass is 32.1. The number of H-pyrrole nitrogens is 1. The lowest BCUT2D eigenvalue weighted by molar-refractivity contribution is -0.131. The summed E-state index contributed by atoms with van der Waals surface area (Å²) < 4.78 is 5.22. The molecule has 3 rings (SSSR count). The maximum Gasteiger partial charge on any atom is 0.308 e. The first kappa shape index (κ1) is 12.5. The van der Waals surface area contributed by atoms with Crippen molar-refractivity contribution in [3.63, 3.8) is 0 Å². The van der Waals surface area contributed by atoms with E-state index in [4.69, 9.17) is 4.74 Å². The molecule has 0 atom stereocenters. The molecule has 1 N–H and O–H groups in total. The molecule has 0 bridgehead atoms. The summed E-state index contributed by atoms with van der Waals surface area (Å²) in [6, 6.07) is 11.6. The van der Waals surface area contributed by atoms with Gasteiger partial charge in [-0.05, 0) is 10.8 Å². The van der Waals surface area contributed by atoms with Crippen molar-refractivity contribution in [1.82, 2.24) is 20.6 Å². The third-order valence-corrected chi connectivity index (χ3v) is 3.72. The number of carbonyl (C=O) groups excluding carboxylic acids is 1. The van der Waals surface area contributed by atoms with Crippen molar-refractivity contribution < 1.29 is 9.53 Å². The molecule has 0 fully saturated rings. The Kier molecular flexibility index (Phi) is 3.26. The molecule has 0 amide bonds. The Morgan fingerprint density at radius 2 is 2.10 bits per heavy atom. The molecule has 2 aromatic heterocycles. The molecule has 20 heavy (non-hydrogen) atoms. The highest BCUT2D eigenvalue weighted by molar-refractivity contribution is 7.19. The Morgan fingerprint density at radius 3 is 2.75 bits per heavy atom. The minimum absolute atomic E-state index is 0.382. The molecular weight excluding hydrogens is 276 g/mol. The van der Waals surface area contributed by atoms with E-state index in [9.17, 15) is 4.79 Å². The number of thiophene rings is 1. The molecule has 0 saturated heterocycles. The molecule has 0 aliphatic rings. The molecule has 7 heteroatoms. The van der Waals surface area contributed by atoms with Crippen LogP contribution in [0.5, 0.6) is 5.75 Å². The van der Waals surface area contributed by atoms with Crippen LogP contribution in [0.3, 0.4) is 0 Å². The summed E-state index contributed by atoms with van der Waals surface area (Å²) in [4.78, 5) is 12.8. The number of benzene rings is 1. The Balaban J connectivity index is 2.08. The molecule has 3 aromatic rings. The fourth-order valence-corrected chi connectivity index (χ4v) is 2.78. The largest absolute Gasteiger partial charge is 0.425 e. The average molecular weight is 286 g/mol. The van der Waals surface area contributed by atoms with Crippen molar-refractivity contribution >= 4 is 17.3 Å². The number of carbonyl (C=O) groups is 1. The Labute approximate surface area is 118 Å². The second-order valence-corrected chi connectivity index (χ2v) is 5.05. The Morgan fingerprint density at radius 1 is 1.30 bits per heavy atom. The van der Waals surface area contributed by atoms with Crippen molar-refractivity contribution in [2.75, 3.05) is 0 Å². The predicted octanol–water partition coefficient (Wildman–Crippen LogP) is 2.52. The van der Waals surface area contributed by atoms with Crippen molar-refractivity contribution in [1.29, 1.82) is 0 Å². The van der Waals surface area contributed by atoms with E-state index in [0.29, 0.717) is 16.5 Å². The van der Waals surface area contributed by atoms with Crippen molar-refractivity contribution in [2.24, 2.45) is 0 Å². The van der Waals surface area contributed by atoms with Gasteiger partial charge in [0.05, 0.1) is 0 Å². The Hall–Kier alpha value is -2.54. The predicted molar refractivity (Wildman–Crippen MR) is 74.2 cm³/mol. The van der Waals surface area contributed by atoms with Gasteiger partial charge in [-0.25, -0.2) is 0 Å². The second-order valence-electron chi connectivity index (χ2n) is 4.00. The number of tetrazole rings is 1. The van der Waals surface area contributed by atoms with Crippen molar-refractivity contribution in [3.05, 3.63) is 36.4 Å². The highest BCUT2D eigenvalue weighted by Crippen LogP contribution is 2.41. The number of hydrogen-bond acceptors (Lipinski definition) is 6. The maximum absolute atomic E-state index is 11.2. The van der Waals surface area contributed by atoms with E-state index in [2.05, 4.69) is 20.6 Å². The monoisotopic (exact) mass is 286 g/mol. The summed E-state index contributed by atoms with van der Waals surface area (Å²) >= 11 is 1.45. The fourth-order valence-electron chi connectivity index (χ4n) is 1.76. The van der Waals surface area contributed by atoms with Gasteiger partial charge >= 0.3 is 5.97 Å². The zero-order chi connectivity index (χ0) is 13.9. The lowest BCUT2D eigenvalue weighted by Gasteiger charge is -1.98. The van der Waals surface area contributed by atoms with Crippen LogP contribution in [0.25, 0.3) is 21.1 Å². The molecule has 0 radical (unpaired) electrons. The topological polar surface area (TPSA) is 80.8 Å². The first-order valence-electron chi connectivity index (χ1n) is 5.85. The molecule has 1 aromatic carbocycles. The molecule has 100 valence electrons. The molecule has 0 saturated carbocycles. The van der Waals surface area contributed by atoms with E-state index in [1.165, 1.54) is 18.3 Å². The van der Waals surface area contributed by atoms with Gasteiger partial charge in [0, 0.05) is 17.9 Å². The minimum atomic E-state index is -0.382. The highest BCUT2D eigenvalue weighted by Gasteiger charge is 2.18. The normalized spacial score (nSPS) is 10.4. The van der Waals surface area contributed by atoms with Gasteiger partial charge in [-0.15, -0.1) is 21.5 Å². The van der Waals surface area contributed by atoms with E-state index in [1.54, 1.807) is 0 Å². The van der Waals surface area contributed by atoms with Crippen molar-refractivity contribution in [2.45, 2.75) is 6.92 Å². The molecule has 0 spiro atoms. The smallest absolute Gasteiger partial charge is 0.308 e. The van der Waals surface area contributed by atoms with Gasteiger partial charge in [-0.1, -0.05) is 30.3 Å². The maximum atomic E-state index is 11.2. The van der Waals surface area contributed by atoms with Gasteiger partial charge in [0.15, 0.2) is 5.75 Å². The number of hydrogen-bond donors (Lipinski definition) is 1. The lowest BCUT2D eigenvalue weighted by Crippen LogP contribution is -2.01. The van der Waals surface area contributed by atoms with Gasteiger partial charge in [-0.2, -0.15) is 5.21 Å². The summed E-state index contributed by atoms with van der Waals surface area (Å²) in [6.45, 7) is 1.36. The van der Waals surface area contributed by atoms with E-state index in [-0.39, 0.29) is 5.97 Å². The zero-order valence-electron chi connectivity index (χ0n) is 10.5. The van der Waals surface area contributed by atoms with Crippen LogP contribution in [0.2, 0.25) is 0 Å². The number of nitrogens with one attached hydrogen (secondary N) is 1. The summed E-state index contributed by atoms with van der Waals surface area (Å²) in [6.07, 6.45) is 0. The van der Waals surface area contributed by atoms with Crippen LogP contribution in [0.1, 0.15) is 6.92 Å². The molecule has 0 aliphatic heterocycles. The van der Waals surface area contributed by atoms with E-state index in [1.807, 2.05) is 36.4 Å². The van der Waals surface area contributed by atoms with Crippen LogP contribution in [0.15, 0.2) is 36.4 Å². The first-order chi connectivity index (χ1) is 9.74. The van der Waals surface area contributed by atoms with E-state index in [0.717, 1.165) is 10.4 Å². The Bertz CT molecular complexity index is 722. The number of nitrogens with zero attached hydrogens (tertiary/aromatic N) is 3. The first-order valence-corrected chi connectivity index (χ1v) is 6.67. The summed E-state index contributed by atoms with van der Waals surface area (Å²) in [5.41, 5.74) is 1.04. The third kappa shape index (κ3) is 2.43. The van der Waals surface area contributed by atoms with Crippen molar-refractivity contribution in [3.8, 4) is 26.9 Å². The average Bonchev–Trinajstić information content (AvgIpc) is 3.08. The number of rotatable bonds is 3. The fraction of sp³-hybridized carbons (Fsp3) is 0.0769. The molecule has 6 nitrogen and oxygen atoms in total. The summed E-state index contributed by atoms with van der Waals surface area (Å²) in [7, 11) is 0. The zero-order valence-corrected chi connectivity index (χ0v) is 11.3. The number of ether oxygens (including phenoxy) is 1. The summed E-state index contributed by atoms with van der Waals surface area (Å²) in [5, 5.41) is 13.8. The number of aromatic nitrogens is 4. The van der Waals surface area contributed by atoms with Crippen LogP contribution >= 0.6 is 11.3 Å². The molecule has 2 heterocycles. The van der Waals surface area contributed by atoms with Gasteiger partial charge in [0.25, 0.3) is 0 Å². The van der Waals surface area contributed by atoms with Gasteiger partial charge in [0.2, 0.25) is 5.82 Å². The van der Waals surface area contributed by atoms with Crippen LogP contribution in [0.4, 0.5) is 0 Å². The van der Waals surface area contributed by atoms with Gasteiger partial charge in [-0.3, -0.25) is 4.79 Å². The summed E-state index contributed by atoms with van der Waals surface area (Å²) in [5.74, 6) is 0.475. The van der Waals surface area contributed by atoms with Crippen LogP contribution in [-0.2, 0) is 4.79 Å². The standard InChI is InChI=1S/C13H10N4O2S/c1-8(18)19-10-7-11(9-5-3-2-4-6-9)20-12(10)13-14-16-17-15-13/h2-7H,1H3,(H,14,15,16,17). The SMILES string of the molecule is CC(=O)Oc1cc(-c2ccccc2)sc1-c1nn[nH]n1. The van der Waals surface area contributed by atoms with Gasteiger partial charge in [0.1, 0.15) is 4.88 Å². The van der Waals surface area contributed by atoms with Crippen LogP contribution < -0.4 is 4.74 Å². The molecular formula is C13H10N4O2S. The minimum Gasteiger partial charge on any atom is -0.425 e. The molecule has 0 unspecified atom stereocenters. The lowest BCUT2D eigenvalue weighted by atomic mass is 10.2. The van der Waals surface area contributed by atoms with E-state index < -0.39 is 0 Å². The number of aromatic amines is 1. The second kappa shape index (κ2) is 5.22. The van der Waals surface area contributed by atoms with Crippen LogP contribution in [-0.4, -0.2) is 26.6 Å². The van der Waals surface area contributed by atoms with Gasteiger partial charge < -0.3 is 4.74 Å². The third-order valence-electron chi connectivity index (χ3n) is 2.56. The van der Waals surface area contributed by atoms with Crippen LogP contribution in [0, 0.1) is 0 Å². The van der Waals surface area contributed by atoms with E-state index >= 15 is 0 Å². The molecule has 0 aliphatic carbocycles.